The number of unbranched alkanes of at least 4 members (excludes halogenated alkanes) is 1. The zero-order valence-corrected chi connectivity index (χ0v) is 13.2. The Morgan fingerprint density at radius 3 is 2.74 bits per heavy atom. The summed E-state index contributed by atoms with van der Waals surface area (Å²) in [7, 11) is 0. The van der Waals surface area contributed by atoms with E-state index in [1.165, 1.54) is 31.4 Å². The van der Waals surface area contributed by atoms with Gasteiger partial charge >= 0.3 is 0 Å². The van der Waals surface area contributed by atoms with Gasteiger partial charge in [-0.1, -0.05) is 47.0 Å². The highest BCUT2D eigenvalue weighted by Gasteiger charge is 2.10. The third-order valence-electron chi connectivity index (χ3n) is 3.64. The van der Waals surface area contributed by atoms with Crippen molar-refractivity contribution in [2.75, 3.05) is 6.54 Å². The van der Waals surface area contributed by atoms with E-state index in [0.29, 0.717) is 5.92 Å². The van der Waals surface area contributed by atoms with Crippen molar-refractivity contribution in [2.24, 2.45) is 11.8 Å². The van der Waals surface area contributed by atoms with Gasteiger partial charge in [0.15, 0.2) is 0 Å². The Morgan fingerprint density at radius 2 is 2.11 bits per heavy atom. The van der Waals surface area contributed by atoms with Gasteiger partial charge in [-0.3, -0.25) is 4.68 Å². The molecule has 1 aromatic rings. The molecule has 3 heteroatoms. The van der Waals surface area contributed by atoms with Crippen molar-refractivity contribution in [2.45, 2.75) is 66.5 Å². The molecule has 1 N–H and O–H groups in total. The van der Waals surface area contributed by atoms with E-state index >= 15 is 0 Å². The minimum absolute atomic E-state index is 0.698. The molecule has 0 bridgehead atoms. The molecule has 0 spiro atoms. The Labute approximate surface area is 118 Å². The number of aromatic nitrogens is 2. The molecule has 0 aliphatic carbocycles. The molecule has 0 aliphatic rings. The second-order valence-electron chi connectivity index (χ2n) is 5.95. The molecule has 0 saturated carbocycles. The Morgan fingerprint density at radius 1 is 1.32 bits per heavy atom. The van der Waals surface area contributed by atoms with Gasteiger partial charge in [0, 0.05) is 19.3 Å². The van der Waals surface area contributed by atoms with E-state index in [2.05, 4.69) is 48.9 Å². The van der Waals surface area contributed by atoms with Crippen LogP contribution < -0.4 is 5.32 Å². The van der Waals surface area contributed by atoms with Crippen LogP contribution >= 0.6 is 0 Å². The van der Waals surface area contributed by atoms with Crippen molar-refractivity contribution in [3.8, 4) is 0 Å². The molecule has 110 valence electrons. The minimum atomic E-state index is 0.698. The second-order valence-corrected chi connectivity index (χ2v) is 5.95. The van der Waals surface area contributed by atoms with Crippen molar-refractivity contribution < 1.29 is 0 Å². The average molecular weight is 265 g/mol. The molecule has 1 rings (SSSR count). The topological polar surface area (TPSA) is 29.9 Å². The minimum Gasteiger partial charge on any atom is -0.311 e. The zero-order chi connectivity index (χ0) is 14.1. The van der Waals surface area contributed by atoms with E-state index in [9.17, 15) is 0 Å². The summed E-state index contributed by atoms with van der Waals surface area (Å²) in [5.41, 5.74) is 1.32. The van der Waals surface area contributed by atoms with Crippen LogP contribution in [0.1, 0.15) is 59.1 Å². The van der Waals surface area contributed by atoms with Gasteiger partial charge in [0.2, 0.25) is 0 Å². The fourth-order valence-corrected chi connectivity index (χ4v) is 2.33. The van der Waals surface area contributed by atoms with Gasteiger partial charge in [0.25, 0.3) is 0 Å². The maximum absolute atomic E-state index is 4.49. The quantitative estimate of drug-likeness (QED) is 0.696. The zero-order valence-electron chi connectivity index (χ0n) is 13.2. The van der Waals surface area contributed by atoms with Crippen LogP contribution in [-0.4, -0.2) is 16.3 Å². The van der Waals surface area contributed by atoms with Crippen LogP contribution in [0.2, 0.25) is 0 Å². The van der Waals surface area contributed by atoms with Crippen LogP contribution in [-0.2, 0) is 13.1 Å². The Balaban J connectivity index is 2.46. The van der Waals surface area contributed by atoms with Crippen LogP contribution in [0.25, 0.3) is 0 Å². The largest absolute Gasteiger partial charge is 0.311 e. The van der Waals surface area contributed by atoms with Crippen LogP contribution in [0.4, 0.5) is 0 Å². The first-order valence-corrected chi connectivity index (χ1v) is 7.88. The fourth-order valence-electron chi connectivity index (χ4n) is 2.33. The third-order valence-corrected chi connectivity index (χ3v) is 3.64. The van der Waals surface area contributed by atoms with E-state index in [1.54, 1.807) is 0 Å². The molecule has 0 aromatic carbocycles. The molecule has 1 atom stereocenters. The van der Waals surface area contributed by atoms with E-state index in [-0.39, 0.29) is 0 Å². The predicted octanol–water partition coefficient (Wildman–Crippen LogP) is 3.85. The molecular weight excluding hydrogens is 234 g/mol. The monoisotopic (exact) mass is 265 g/mol. The van der Waals surface area contributed by atoms with Crippen LogP contribution in [0.3, 0.4) is 0 Å². The normalized spacial score (nSPS) is 13.1. The SMILES string of the molecule is CCCCC(CC)Cn1nccc1CNCC(C)C. The molecule has 19 heavy (non-hydrogen) atoms. The molecule has 0 fully saturated rings. The van der Waals surface area contributed by atoms with Gasteiger partial charge in [0.05, 0.1) is 5.69 Å². The number of hydrogen-bond donors (Lipinski definition) is 1. The van der Waals surface area contributed by atoms with Gasteiger partial charge in [-0.05, 0) is 30.9 Å². The summed E-state index contributed by atoms with van der Waals surface area (Å²) in [6, 6.07) is 2.14. The molecule has 0 aliphatic heterocycles. The summed E-state index contributed by atoms with van der Waals surface area (Å²) in [6.07, 6.45) is 7.13. The summed E-state index contributed by atoms with van der Waals surface area (Å²) in [5, 5.41) is 7.99. The Hall–Kier alpha value is -0.830. The molecule has 1 aromatic heterocycles. The van der Waals surface area contributed by atoms with E-state index in [4.69, 9.17) is 0 Å². The molecule has 1 unspecified atom stereocenters. The first-order valence-electron chi connectivity index (χ1n) is 7.88. The number of hydrogen-bond acceptors (Lipinski definition) is 2. The smallest absolute Gasteiger partial charge is 0.0522 e. The number of nitrogens with one attached hydrogen (secondary N) is 1. The van der Waals surface area contributed by atoms with Crippen LogP contribution in [0.15, 0.2) is 12.3 Å². The fraction of sp³-hybridized carbons (Fsp3) is 0.812. The summed E-state index contributed by atoms with van der Waals surface area (Å²) < 4.78 is 2.19. The first-order chi connectivity index (χ1) is 9.17. The highest BCUT2D eigenvalue weighted by Crippen LogP contribution is 2.15. The average Bonchev–Trinajstić information content (AvgIpc) is 2.81. The summed E-state index contributed by atoms with van der Waals surface area (Å²) in [5.74, 6) is 1.47. The third kappa shape index (κ3) is 6.24. The van der Waals surface area contributed by atoms with Gasteiger partial charge in [-0.2, -0.15) is 5.10 Å². The lowest BCUT2D eigenvalue weighted by molar-refractivity contribution is 0.363. The Bertz CT molecular complexity index is 330. The summed E-state index contributed by atoms with van der Waals surface area (Å²) in [4.78, 5) is 0. The number of nitrogens with zero attached hydrogens (tertiary/aromatic N) is 2. The van der Waals surface area contributed by atoms with Crippen molar-refractivity contribution >= 4 is 0 Å². The lowest BCUT2D eigenvalue weighted by Gasteiger charge is -2.17. The van der Waals surface area contributed by atoms with Gasteiger partial charge in [-0.15, -0.1) is 0 Å². The van der Waals surface area contributed by atoms with Crippen molar-refractivity contribution in [3.63, 3.8) is 0 Å². The van der Waals surface area contributed by atoms with E-state index < -0.39 is 0 Å². The number of rotatable bonds is 10. The highest BCUT2D eigenvalue weighted by atomic mass is 15.3. The van der Waals surface area contributed by atoms with Gasteiger partial charge in [0.1, 0.15) is 0 Å². The standard InChI is InChI=1S/C16H31N3/c1-5-7-8-15(6-2)13-19-16(9-10-18-19)12-17-11-14(3)4/h9-10,14-15,17H,5-8,11-13H2,1-4H3. The second kappa shape index (κ2) is 9.13. The highest BCUT2D eigenvalue weighted by molar-refractivity contribution is 5.00. The maximum atomic E-state index is 4.49. The van der Waals surface area contributed by atoms with Crippen molar-refractivity contribution in [3.05, 3.63) is 18.0 Å². The van der Waals surface area contributed by atoms with Crippen molar-refractivity contribution in [1.82, 2.24) is 15.1 Å². The lowest BCUT2D eigenvalue weighted by atomic mass is 9.99. The molecule has 0 radical (unpaired) electrons. The lowest BCUT2D eigenvalue weighted by Crippen LogP contribution is -2.22. The van der Waals surface area contributed by atoms with Crippen LogP contribution in [0, 0.1) is 11.8 Å². The van der Waals surface area contributed by atoms with E-state index in [0.717, 1.165) is 25.6 Å². The first kappa shape index (κ1) is 16.2. The summed E-state index contributed by atoms with van der Waals surface area (Å²) >= 11 is 0. The van der Waals surface area contributed by atoms with Gasteiger partial charge < -0.3 is 5.32 Å². The van der Waals surface area contributed by atoms with Crippen LogP contribution in [0.5, 0.6) is 0 Å². The van der Waals surface area contributed by atoms with Crippen molar-refractivity contribution in [1.29, 1.82) is 0 Å². The maximum Gasteiger partial charge on any atom is 0.0522 e. The van der Waals surface area contributed by atoms with Gasteiger partial charge in [-0.25, -0.2) is 0 Å². The molecule has 3 nitrogen and oxygen atoms in total. The summed E-state index contributed by atoms with van der Waals surface area (Å²) in [6.45, 7) is 12.1. The van der Waals surface area contributed by atoms with E-state index in [1.807, 2.05) is 6.20 Å². The predicted molar refractivity (Wildman–Crippen MR) is 82.1 cm³/mol. The molecule has 1 heterocycles. The molecule has 0 saturated heterocycles. The molecular formula is C16H31N3. The molecule has 0 amide bonds. The Kier molecular flexibility index (Phi) is 7.80.